The minimum absolute atomic E-state index is 0.0587. The summed E-state index contributed by atoms with van der Waals surface area (Å²) >= 11 is 3.14. The van der Waals surface area contributed by atoms with Gasteiger partial charge in [-0.3, -0.25) is 0 Å². The average Bonchev–Trinajstić information content (AvgIpc) is 2.47. The standard InChI is InChI=1S/C7H5BrN4O2/c8-4-2-12-1-3(7(13)14)10-6(12)5(9)11-4/h1-2H,(H2,9,11)(H,13,14). The molecule has 0 atom stereocenters. The van der Waals surface area contributed by atoms with Gasteiger partial charge in [0.2, 0.25) is 0 Å². The Hall–Kier alpha value is -1.63. The van der Waals surface area contributed by atoms with E-state index in [0.29, 0.717) is 10.3 Å². The Morgan fingerprint density at radius 3 is 2.86 bits per heavy atom. The van der Waals surface area contributed by atoms with Crippen LogP contribution in [0.2, 0.25) is 0 Å². The number of imidazole rings is 1. The number of carboxylic acid groups (broad SMARTS) is 1. The van der Waals surface area contributed by atoms with Gasteiger partial charge < -0.3 is 15.2 Å². The molecule has 7 heteroatoms. The first-order chi connectivity index (χ1) is 6.58. The van der Waals surface area contributed by atoms with Gasteiger partial charge in [0, 0.05) is 12.4 Å². The van der Waals surface area contributed by atoms with E-state index in [4.69, 9.17) is 10.8 Å². The lowest BCUT2D eigenvalue weighted by Crippen LogP contribution is -1.97. The van der Waals surface area contributed by atoms with Crippen molar-refractivity contribution in [2.24, 2.45) is 0 Å². The highest BCUT2D eigenvalue weighted by atomic mass is 79.9. The molecule has 2 heterocycles. The number of nitrogen functional groups attached to an aromatic ring is 1. The fourth-order valence-electron chi connectivity index (χ4n) is 1.09. The highest BCUT2D eigenvalue weighted by molar-refractivity contribution is 9.10. The second-order valence-electron chi connectivity index (χ2n) is 2.61. The highest BCUT2D eigenvalue weighted by Crippen LogP contribution is 2.15. The van der Waals surface area contributed by atoms with E-state index >= 15 is 0 Å². The van der Waals surface area contributed by atoms with Gasteiger partial charge in [-0.1, -0.05) is 0 Å². The Morgan fingerprint density at radius 2 is 2.21 bits per heavy atom. The lowest BCUT2D eigenvalue weighted by atomic mass is 10.5. The number of carboxylic acids is 1. The maximum Gasteiger partial charge on any atom is 0.356 e. The summed E-state index contributed by atoms with van der Waals surface area (Å²) in [4.78, 5) is 18.3. The zero-order valence-corrected chi connectivity index (χ0v) is 8.39. The van der Waals surface area contributed by atoms with Crippen molar-refractivity contribution in [3.8, 4) is 0 Å². The quantitative estimate of drug-likeness (QED) is 0.786. The average molecular weight is 257 g/mol. The summed E-state index contributed by atoms with van der Waals surface area (Å²) in [5.41, 5.74) is 5.83. The summed E-state index contributed by atoms with van der Waals surface area (Å²) in [6.45, 7) is 0. The molecule has 0 aliphatic carbocycles. The Bertz CT molecular complexity index is 522. The predicted molar refractivity (Wildman–Crippen MR) is 52.1 cm³/mol. The van der Waals surface area contributed by atoms with Crippen LogP contribution in [-0.4, -0.2) is 25.4 Å². The van der Waals surface area contributed by atoms with Crippen LogP contribution >= 0.6 is 15.9 Å². The molecule has 2 aromatic rings. The van der Waals surface area contributed by atoms with Crippen molar-refractivity contribution < 1.29 is 9.90 Å². The first-order valence-corrected chi connectivity index (χ1v) is 4.41. The molecule has 72 valence electrons. The van der Waals surface area contributed by atoms with Gasteiger partial charge in [-0.05, 0) is 15.9 Å². The number of halogens is 1. The fourth-order valence-corrected chi connectivity index (χ4v) is 1.50. The second kappa shape index (κ2) is 2.95. The van der Waals surface area contributed by atoms with Gasteiger partial charge in [0.05, 0.1) is 0 Å². The number of carbonyl (C=O) groups is 1. The number of hydrogen-bond acceptors (Lipinski definition) is 4. The molecule has 0 unspecified atom stereocenters. The summed E-state index contributed by atoms with van der Waals surface area (Å²) in [6, 6.07) is 0. The number of hydrogen-bond donors (Lipinski definition) is 2. The molecule has 0 amide bonds. The molecule has 14 heavy (non-hydrogen) atoms. The molecule has 0 saturated heterocycles. The Kier molecular flexibility index (Phi) is 1.88. The summed E-state index contributed by atoms with van der Waals surface area (Å²) < 4.78 is 2.03. The Balaban J connectivity index is 2.76. The largest absolute Gasteiger partial charge is 0.476 e. The van der Waals surface area contributed by atoms with Gasteiger partial charge >= 0.3 is 5.97 Å². The summed E-state index contributed by atoms with van der Waals surface area (Å²) in [7, 11) is 0. The molecule has 0 aromatic carbocycles. The van der Waals surface area contributed by atoms with Crippen molar-refractivity contribution in [1.82, 2.24) is 14.4 Å². The third-order valence-corrected chi connectivity index (χ3v) is 2.04. The van der Waals surface area contributed by atoms with Gasteiger partial charge in [0.25, 0.3) is 0 Å². The van der Waals surface area contributed by atoms with Crippen molar-refractivity contribution in [1.29, 1.82) is 0 Å². The summed E-state index contributed by atoms with van der Waals surface area (Å²) in [5, 5.41) is 8.70. The Morgan fingerprint density at radius 1 is 1.50 bits per heavy atom. The molecule has 0 radical (unpaired) electrons. The molecule has 0 fully saturated rings. The van der Waals surface area contributed by atoms with Gasteiger partial charge in [-0.15, -0.1) is 0 Å². The molecular formula is C7H5BrN4O2. The van der Waals surface area contributed by atoms with Crippen molar-refractivity contribution in [2.45, 2.75) is 0 Å². The van der Waals surface area contributed by atoms with Crippen LogP contribution in [0.25, 0.3) is 5.65 Å². The topological polar surface area (TPSA) is 93.5 Å². The van der Waals surface area contributed by atoms with Crippen molar-refractivity contribution >= 4 is 33.4 Å². The van der Waals surface area contributed by atoms with Crippen LogP contribution < -0.4 is 5.73 Å². The maximum atomic E-state index is 10.6. The number of nitrogens with zero attached hydrogens (tertiary/aromatic N) is 3. The van der Waals surface area contributed by atoms with Crippen LogP contribution in [0, 0.1) is 0 Å². The first kappa shape index (κ1) is 8.95. The van der Waals surface area contributed by atoms with Crippen LogP contribution in [0.3, 0.4) is 0 Å². The normalized spacial score (nSPS) is 10.6. The molecule has 0 aliphatic rings. The number of nitrogens with two attached hydrogens (primary N) is 1. The van der Waals surface area contributed by atoms with Crippen LogP contribution in [0.4, 0.5) is 5.82 Å². The van der Waals surface area contributed by atoms with Crippen LogP contribution in [-0.2, 0) is 0 Å². The maximum absolute atomic E-state index is 10.6. The van der Waals surface area contributed by atoms with E-state index in [1.165, 1.54) is 10.6 Å². The third-order valence-electron chi connectivity index (χ3n) is 1.65. The van der Waals surface area contributed by atoms with Crippen molar-refractivity contribution in [2.75, 3.05) is 5.73 Å². The van der Waals surface area contributed by atoms with E-state index in [-0.39, 0.29) is 11.5 Å². The molecule has 3 N–H and O–H groups in total. The number of aromatic nitrogens is 3. The van der Waals surface area contributed by atoms with E-state index < -0.39 is 5.97 Å². The number of fused-ring (bicyclic) bond motifs is 1. The van der Waals surface area contributed by atoms with Crippen molar-refractivity contribution in [3.05, 3.63) is 22.7 Å². The smallest absolute Gasteiger partial charge is 0.356 e. The zero-order valence-electron chi connectivity index (χ0n) is 6.81. The van der Waals surface area contributed by atoms with Gasteiger partial charge in [0.15, 0.2) is 17.2 Å². The molecule has 0 aliphatic heterocycles. The van der Waals surface area contributed by atoms with Crippen LogP contribution in [0.5, 0.6) is 0 Å². The molecule has 0 saturated carbocycles. The van der Waals surface area contributed by atoms with Gasteiger partial charge in [-0.2, -0.15) is 0 Å². The highest BCUT2D eigenvalue weighted by Gasteiger charge is 2.11. The second-order valence-corrected chi connectivity index (χ2v) is 3.42. The molecule has 0 spiro atoms. The van der Waals surface area contributed by atoms with E-state index in [9.17, 15) is 4.79 Å². The summed E-state index contributed by atoms with van der Waals surface area (Å²) in [5.74, 6) is -0.906. The van der Waals surface area contributed by atoms with Crippen LogP contribution in [0.15, 0.2) is 17.0 Å². The SMILES string of the molecule is Nc1nc(Br)cn2cc(C(=O)O)nc12. The lowest BCUT2D eigenvalue weighted by molar-refractivity contribution is 0.0691. The Labute approximate surface area is 86.5 Å². The first-order valence-electron chi connectivity index (χ1n) is 3.62. The third kappa shape index (κ3) is 1.31. The molecule has 2 aromatic heterocycles. The molecular weight excluding hydrogens is 252 g/mol. The minimum atomic E-state index is -1.09. The monoisotopic (exact) mass is 256 g/mol. The molecule has 2 rings (SSSR count). The molecule has 6 nitrogen and oxygen atoms in total. The van der Waals surface area contributed by atoms with Crippen molar-refractivity contribution in [3.63, 3.8) is 0 Å². The number of anilines is 1. The zero-order chi connectivity index (χ0) is 10.3. The van der Waals surface area contributed by atoms with E-state index in [1.54, 1.807) is 6.20 Å². The van der Waals surface area contributed by atoms with Gasteiger partial charge in [-0.25, -0.2) is 14.8 Å². The molecule has 0 bridgehead atoms. The van der Waals surface area contributed by atoms with E-state index in [2.05, 4.69) is 25.9 Å². The number of rotatable bonds is 1. The van der Waals surface area contributed by atoms with E-state index in [1.807, 2.05) is 0 Å². The minimum Gasteiger partial charge on any atom is -0.476 e. The van der Waals surface area contributed by atoms with Crippen LogP contribution in [0.1, 0.15) is 10.5 Å². The lowest BCUT2D eigenvalue weighted by Gasteiger charge is -1.96. The number of aromatic carboxylic acids is 1. The van der Waals surface area contributed by atoms with E-state index in [0.717, 1.165) is 0 Å². The predicted octanol–water partition coefficient (Wildman–Crippen LogP) is 0.772. The fraction of sp³-hybridized carbons (Fsp3) is 0. The summed E-state index contributed by atoms with van der Waals surface area (Å²) in [6.07, 6.45) is 2.96. The van der Waals surface area contributed by atoms with Gasteiger partial charge in [0.1, 0.15) is 4.60 Å².